The zero-order chi connectivity index (χ0) is 12.4. The van der Waals surface area contributed by atoms with Gasteiger partial charge in [-0.05, 0) is 55.1 Å². The summed E-state index contributed by atoms with van der Waals surface area (Å²) in [6.45, 7) is 4.89. The summed E-state index contributed by atoms with van der Waals surface area (Å²) < 4.78 is 0. The number of aryl methyl sites for hydroxylation is 1. The Morgan fingerprint density at radius 1 is 1.35 bits per heavy atom. The molecule has 0 radical (unpaired) electrons. The Balaban J connectivity index is 2.46. The van der Waals surface area contributed by atoms with Gasteiger partial charge in [0.2, 0.25) is 0 Å². The van der Waals surface area contributed by atoms with E-state index in [1.165, 1.54) is 5.56 Å². The Morgan fingerprint density at radius 2 is 2.12 bits per heavy atom. The standard InChI is InChI=1S/C14H17ClN2/c1-9(5-6-16)11-3-4-13-12(8-11)7-10(2)14(15)17-13/h3-4,7-9H,5-6,16H2,1-2H3. The molecule has 0 amide bonds. The van der Waals surface area contributed by atoms with Gasteiger partial charge in [-0.15, -0.1) is 0 Å². The molecule has 1 aromatic heterocycles. The maximum absolute atomic E-state index is 6.01. The monoisotopic (exact) mass is 248 g/mol. The number of nitrogens with two attached hydrogens (primary N) is 1. The molecule has 1 heterocycles. The smallest absolute Gasteiger partial charge is 0.132 e. The third-order valence-corrected chi connectivity index (χ3v) is 3.52. The number of rotatable bonds is 3. The van der Waals surface area contributed by atoms with Crippen molar-refractivity contribution in [3.8, 4) is 0 Å². The molecular weight excluding hydrogens is 232 g/mol. The Hall–Kier alpha value is -1.12. The van der Waals surface area contributed by atoms with Crippen LogP contribution in [0, 0.1) is 6.92 Å². The normalized spacial score (nSPS) is 12.9. The van der Waals surface area contributed by atoms with Gasteiger partial charge < -0.3 is 5.73 Å². The molecule has 0 saturated carbocycles. The molecule has 90 valence electrons. The highest BCUT2D eigenvalue weighted by Gasteiger charge is 2.07. The summed E-state index contributed by atoms with van der Waals surface area (Å²) in [5, 5.41) is 1.73. The van der Waals surface area contributed by atoms with Crippen molar-refractivity contribution in [2.75, 3.05) is 6.54 Å². The quantitative estimate of drug-likeness (QED) is 0.843. The molecule has 17 heavy (non-hydrogen) atoms. The molecule has 0 saturated heterocycles. The predicted molar refractivity (Wildman–Crippen MR) is 73.6 cm³/mol. The Kier molecular flexibility index (Phi) is 3.65. The molecule has 1 unspecified atom stereocenters. The summed E-state index contributed by atoms with van der Waals surface area (Å²) in [5.74, 6) is 0.486. The first-order chi connectivity index (χ1) is 8.11. The first-order valence-corrected chi connectivity index (χ1v) is 6.26. The largest absolute Gasteiger partial charge is 0.330 e. The molecule has 1 aromatic carbocycles. The van der Waals surface area contributed by atoms with Crippen molar-refractivity contribution < 1.29 is 0 Å². The van der Waals surface area contributed by atoms with Crippen LogP contribution in [-0.2, 0) is 0 Å². The van der Waals surface area contributed by atoms with Gasteiger partial charge in [0.25, 0.3) is 0 Å². The maximum Gasteiger partial charge on any atom is 0.132 e. The van der Waals surface area contributed by atoms with E-state index in [1.807, 2.05) is 13.0 Å². The highest BCUT2D eigenvalue weighted by molar-refractivity contribution is 6.30. The lowest BCUT2D eigenvalue weighted by molar-refractivity contribution is 0.691. The molecular formula is C14H17ClN2. The van der Waals surface area contributed by atoms with Crippen molar-refractivity contribution in [2.24, 2.45) is 5.73 Å². The van der Waals surface area contributed by atoms with Crippen LogP contribution < -0.4 is 5.73 Å². The molecule has 1 atom stereocenters. The van der Waals surface area contributed by atoms with Crippen molar-refractivity contribution in [2.45, 2.75) is 26.2 Å². The lowest BCUT2D eigenvalue weighted by Crippen LogP contribution is -2.04. The van der Waals surface area contributed by atoms with Crippen LogP contribution in [0.1, 0.15) is 30.4 Å². The molecule has 0 bridgehead atoms. The Morgan fingerprint density at radius 3 is 2.82 bits per heavy atom. The van der Waals surface area contributed by atoms with Crippen LogP contribution in [0.25, 0.3) is 10.9 Å². The van der Waals surface area contributed by atoms with Crippen molar-refractivity contribution in [1.82, 2.24) is 4.98 Å². The Labute approximate surface area is 107 Å². The first-order valence-electron chi connectivity index (χ1n) is 5.88. The molecule has 2 N–H and O–H groups in total. The number of benzene rings is 1. The van der Waals surface area contributed by atoms with E-state index in [2.05, 4.69) is 30.1 Å². The van der Waals surface area contributed by atoms with Crippen LogP contribution in [0.2, 0.25) is 5.15 Å². The molecule has 2 rings (SSSR count). The van der Waals surface area contributed by atoms with Gasteiger partial charge in [0, 0.05) is 5.39 Å². The number of hydrogen-bond donors (Lipinski definition) is 1. The van der Waals surface area contributed by atoms with Crippen LogP contribution in [0.3, 0.4) is 0 Å². The van der Waals surface area contributed by atoms with E-state index in [9.17, 15) is 0 Å². The second-order valence-electron chi connectivity index (χ2n) is 4.53. The molecule has 2 nitrogen and oxygen atoms in total. The van der Waals surface area contributed by atoms with Crippen LogP contribution >= 0.6 is 11.6 Å². The molecule has 2 aromatic rings. The number of nitrogens with zero attached hydrogens (tertiary/aromatic N) is 1. The van der Waals surface area contributed by atoms with Gasteiger partial charge in [-0.25, -0.2) is 4.98 Å². The summed E-state index contributed by atoms with van der Waals surface area (Å²) in [7, 11) is 0. The highest BCUT2D eigenvalue weighted by Crippen LogP contribution is 2.25. The SMILES string of the molecule is Cc1cc2cc(C(C)CCN)ccc2nc1Cl. The highest BCUT2D eigenvalue weighted by atomic mass is 35.5. The van der Waals surface area contributed by atoms with E-state index in [1.54, 1.807) is 0 Å². The average Bonchev–Trinajstić information content (AvgIpc) is 2.30. The van der Waals surface area contributed by atoms with E-state index in [0.29, 0.717) is 11.1 Å². The fraction of sp³-hybridized carbons (Fsp3) is 0.357. The number of hydrogen-bond acceptors (Lipinski definition) is 2. The predicted octanol–water partition coefficient (Wildman–Crippen LogP) is 3.65. The average molecular weight is 249 g/mol. The van der Waals surface area contributed by atoms with Gasteiger partial charge in [0.15, 0.2) is 0 Å². The lowest BCUT2D eigenvalue weighted by Gasteiger charge is -2.11. The minimum atomic E-state index is 0.486. The summed E-state index contributed by atoms with van der Waals surface area (Å²) in [5.41, 5.74) is 8.87. The first kappa shape index (κ1) is 12.3. The second kappa shape index (κ2) is 5.03. The van der Waals surface area contributed by atoms with Gasteiger partial charge in [-0.2, -0.15) is 0 Å². The molecule has 0 aliphatic rings. The van der Waals surface area contributed by atoms with E-state index in [4.69, 9.17) is 17.3 Å². The zero-order valence-corrected chi connectivity index (χ0v) is 11.0. The fourth-order valence-corrected chi connectivity index (χ4v) is 2.15. The second-order valence-corrected chi connectivity index (χ2v) is 4.88. The summed E-state index contributed by atoms with van der Waals surface area (Å²) in [6, 6.07) is 8.42. The fourth-order valence-electron chi connectivity index (χ4n) is 2.00. The van der Waals surface area contributed by atoms with Gasteiger partial charge in [-0.3, -0.25) is 0 Å². The number of fused-ring (bicyclic) bond motifs is 1. The lowest BCUT2D eigenvalue weighted by atomic mass is 9.96. The van der Waals surface area contributed by atoms with Crippen LogP contribution in [0.15, 0.2) is 24.3 Å². The number of halogens is 1. The van der Waals surface area contributed by atoms with E-state index < -0.39 is 0 Å². The van der Waals surface area contributed by atoms with Crippen LogP contribution in [0.5, 0.6) is 0 Å². The molecule has 3 heteroatoms. The van der Waals surface area contributed by atoms with Gasteiger partial charge in [-0.1, -0.05) is 24.6 Å². The molecule has 0 aliphatic carbocycles. The third-order valence-electron chi connectivity index (χ3n) is 3.14. The summed E-state index contributed by atoms with van der Waals surface area (Å²) in [6.07, 6.45) is 1.01. The van der Waals surface area contributed by atoms with E-state index in [0.717, 1.165) is 29.4 Å². The van der Waals surface area contributed by atoms with Crippen molar-refractivity contribution >= 4 is 22.5 Å². The summed E-state index contributed by atoms with van der Waals surface area (Å²) in [4.78, 5) is 4.36. The van der Waals surface area contributed by atoms with Gasteiger partial charge >= 0.3 is 0 Å². The Bertz CT molecular complexity index is 537. The topological polar surface area (TPSA) is 38.9 Å². The summed E-state index contributed by atoms with van der Waals surface area (Å²) >= 11 is 6.01. The molecule has 0 spiro atoms. The van der Waals surface area contributed by atoms with E-state index >= 15 is 0 Å². The minimum Gasteiger partial charge on any atom is -0.330 e. The number of pyridine rings is 1. The van der Waals surface area contributed by atoms with Gasteiger partial charge in [0.1, 0.15) is 5.15 Å². The van der Waals surface area contributed by atoms with Crippen molar-refractivity contribution in [3.63, 3.8) is 0 Å². The molecule has 0 fully saturated rings. The number of aromatic nitrogens is 1. The van der Waals surface area contributed by atoms with Crippen LogP contribution in [-0.4, -0.2) is 11.5 Å². The maximum atomic E-state index is 6.01. The van der Waals surface area contributed by atoms with Crippen molar-refractivity contribution in [1.29, 1.82) is 0 Å². The van der Waals surface area contributed by atoms with Crippen LogP contribution in [0.4, 0.5) is 0 Å². The van der Waals surface area contributed by atoms with E-state index in [-0.39, 0.29) is 0 Å². The minimum absolute atomic E-state index is 0.486. The molecule has 0 aliphatic heterocycles. The van der Waals surface area contributed by atoms with Crippen molar-refractivity contribution in [3.05, 3.63) is 40.5 Å². The van der Waals surface area contributed by atoms with Gasteiger partial charge in [0.05, 0.1) is 5.52 Å². The third kappa shape index (κ3) is 2.59. The zero-order valence-electron chi connectivity index (χ0n) is 10.2.